The van der Waals surface area contributed by atoms with Crippen LogP contribution in [0.3, 0.4) is 0 Å². The molecule has 154 valence electrons. The largest absolute Gasteiger partial charge is 0.490 e. The molecular weight excluding hydrogens is 384 g/mol. The molecule has 0 heterocycles. The molecule has 30 heavy (non-hydrogen) atoms. The summed E-state index contributed by atoms with van der Waals surface area (Å²) in [6.07, 6.45) is 0. The van der Waals surface area contributed by atoms with Crippen LogP contribution in [0.25, 0.3) is 0 Å². The second-order valence-corrected chi connectivity index (χ2v) is 6.32. The number of esters is 2. The molecule has 0 fully saturated rings. The Morgan fingerprint density at radius 1 is 0.733 bits per heavy atom. The van der Waals surface area contributed by atoms with Gasteiger partial charge in [0.1, 0.15) is 36.0 Å². The molecule has 0 aromatic heterocycles. The highest BCUT2D eigenvalue weighted by Gasteiger charge is 2.17. The lowest BCUT2D eigenvalue weighted by Gasteiger charge is -2.12. The molecule has 0 aliphatic rings. The SMILES string of the molecule is Cc1ccccc1OCC(=O)Oc1ccccc1C(=O)OCCOc1ccccc1. The lowest BCUT2D eigenvalue weighted by Crippen LogP contribution is -2.20. The fraction of sp³-hybridized carbons (Fsp3) is 0.167. The van der Waals surface area contributed by atoms with Gasteiger partial charge in [-0.05, 0) is 42.8 Å². The van der Waals surface area contributed by atoms with E-state index in [2.05, 4.69) is 0 Å². The van der Waals surface area contributed by atoms with Crippen molar-refractivity contribution in [3.05, 3.63) is 90.0 Å². The van der Waals surface area contributed by atoms with Crippen molar-refractivity contribution in [3.63, 3.8) is 0 Å². The minimum Gasteiger partial charge on any atom is -0.490 e. The highest BCUT2D eigenvalue weighted by Crippen LogP contribution is 2.20. The predicted octanol–water partition coefficient (Wildman–Crippen LogP) is 4.22. The Bertz CT molecular complexity index is 984. The molecule has 0 amide bonds. The first-order valence-corrected chi connectivity index (χ1v) is 9.46. The number of hydrogen-bond donors (Lipinski definition) is 0. The monoisotopic (exact) mass is 406 g/mol. The topological polar surface area (TPSA) is 71.1 Å². The van der Waals surface area contributed by atoms with Crippen molar-refractivity contribution in [2.75, 3.05) is 19.8 Å². The minimum absolute atomic E-state index is 0.0619. The molecule has 0 aliphatic carbocycles. The van der Waals surface area contributed by atoms with Crippen LogP contribution in [0.1, 0.15) is 15.9 Å². The highest BCUT2D eigenvalue weighted by atomic mass is 16.6. The molecule has 0 bridgehead atoms. The van der Waals surface area contributed by atoms with Crippen molar-refractivity contribution >= 4 is 11.9 Å². The third kappa shape index (κ3) is 6.10. The van der Waals surface area contributed by atoms with Gasteiger partial charge in [0.25, 0.3) is 0 Å². The standard InChI is InChI=1S/C24H22O6/c1-18-9-5-7-13-21(18)29-17-23(25)30-22-14-8-6-12-20(22)24(26)28-16-15-27-19-10-3-2-4-11-19/h2-14H,15-17H2,1H3. The number of benzene rings is 3. The Morgan fingerprint density at radius 2 is 1.40 bits per heavy atom. The molecule has 3 aromatic rings. The number of rotatable bonds is 9. The maximum atomic E-state index is 12.4. The molecule has 3 rings (SSSR count). The van der Waals surface area contributed by atoms with E-state index in [9.17, 15) is 9.59 Å². The van der Waals surface area contributed by atoms with Gasteiger partial charge in [-0.15, -0.1) is 0 Å². The molecule has 0 unspecified atom stereocenters. The van der Waals surface area contributed by atoms with Crippen LogP contribution in [-0.2, 0) is 9.53 Å². The summed E-state index contributed by atoms with van der Waals surface area (Å²) in [7, 11) is 0. The van der Waals surface area contributed by atoms with Crippen molar-refractivity contribution in [1.82, 2.24) is 0 Å². The van der Waals surface area contributed by atoms with Crippen LogP contribution in [0.2, 0.25) is 0 Å². The van der Waals surface area contributed by atoms with Gasteiger partial charge >= 0.3 is 11.9 Å². The fourth-order valence-electron chi connectivity index (χ4n) is 2.62. The van der Waals surface area contributed by atoms with Crippen LogP contribution in [0.15, 0.2) is 78.9 Å². The Morgan fingerprint density at radius 3 is 2.17 bits per heavy atom. The van der Waals surface area contributed by atoms with Crippen LogP contribution in [0.5, 0.6) is 17.2 Å². The molecule has 0 spiro atoms. The number of para-hydroxylation sites is 3. The Balaban J connectivity index is 1.51. The van der Waals surface area contributed by atoms with Gasteiger partial charge < -0.3 is 18.9 Å². The molecule has 0 saturated heterocycles. The van der Waals surface area contributed by atoms with E-state index in [1.807, 2.05) is 55.5 Å². The lowest BCUT2D eigenvalue weighted by molar-refractivity contribution is -0.136. The number of aryl methyl sites for hydroxylation is 1. The zero-order chi connectivity index (χ0) is 21.2. The molecule has 0 radical (unpaired) electrons. The molecule has 0 saturated carbocycles. The molecule has 0 atom stereocenters. The van der Waals surface area contributed by atoms with Crippen LogP contribution >= 0.6 is 0 Å². The van der Waals surface area contributed by atoms with Crippen molar-refractivity contribution in [3.8, 4) is 17.2 Å². The van der Waals surface area contributed by atoms with Gasteiger partial charge in [-0.3, -0.25) is 0 Å². The summed E-state index contributed by atoms with van der Waals surface area (Å²) in [5.74, 6) is 0.183. The van der Waals surface area contributed by atoms with E-state index in [1.165, 1.54) is 12.1 Å². The summed E-state index contributed by atoms with van der Waals surface area (Å²) in [5, 5.41) is 0. The highest BCUT2D eigenvalue weighted by molar-refractivity contribution is 5.93. The summed E-state index contributed by atoms with van der Waals surface area (Å²) in [5.41, 5.74) is 1.06. The van der Waals surface area contributed by atoms with Crippen molar-refractivity contribution in [2.45, 2.75) is 6.92 Å². The maximum absolute atomic E-state index is 12.4. The molecule has 0 N–H and O–H groups in total. The Labute approximate surface area is 175 Å². The van der Waals surface area contributed by atoms with Gasteiger partial charge in [0.05, 0.1) is 0 Å². The van der Waals surface area contributed by atoms with E-state index in [4.69, 9.17) is 18.9 Å². The number of ether oxygens (including phenoxy) is 4. The quantitative estimate of drug-likeness (QED) is 0.301. The maximum Gasteiger partial charge on any atom is 0.349 e. The van der Waals surface area contributed by atoms with E-state index in [0.717, 1.165) is 5.56 Å². The first kappa shape index (κ1) is 20.9. The van der Waals surface area contributed by atoms with Gasteiger partial charge in [0.15, 0.2) is 6.61 Å². The second kappa shape index (κ2) is 10.7. The van der Waals surface area contributed by atoms with Gasteiger partial charge in [-0.25, -0.2) is 9.59 Å². The predicted molar refractivity (Wildman–Crippen MR) is 111 cm³/mol. The van der Waals surface area contributed by atoms with E-state index in [1.54, 1.807) is 18.2 Å². The molecular formula is C24H22O6. The normalized spacial score (nSPS) is 10.2. The first-order chi connectivity index (χ1) is 14.6. The Kier molecular flexibility index (Phi) is 7.44. The van der Waals surface area contributed by atoms with E-state index in [0.29, 0.717) is 11.5 Å². The molecule has 6 nitrogen and oxygen atoms in total. The fourth-order valence-corrected chi connectivity index (χ4v) is 2.62. The Hall–Kier alpha value is -3.80. The third-order valence-electron chi connectivity index (χ3n) is 4.10. The zero-order valence-electron chi connectivity index (χ0n) is 16.6. The summed E-state index contributed by atoms with van der Waals surface area (Å²) in [6, 6.07) is 23.0. The average Bonchev–Trinajstić information content (AvgIpc) is 2.77. The first-order valence-electron chi connectivity index (χ1n) is 9.46. The van der Waals surface area contributed by atoms with Gasteiger partial charge in [-0.1, -0.05) is 48.5 Å². The molecule has 0 aliphatic heterocycles. The third-order valence-corrected chi connectivity index (χ3v) is 4.10. The minimum atomic E-state index is -0.620. The summed E-state index contributed by atoms with van der Waals surface area (Å²) >= 11 is 0. The van der Waals surface area contributed by atoms with E-state index < -0.39 is 11.9 Å². The van der Waals surface area contributed by atoms with Crippen LogP contribution in [0, 0.1) is 6.92 Å². The molecule has 3 aromatic carbocycles. The van der Waals surface area contributed by atoms with E-state index >= 15 is 0 Å². The summed E-state index contributed by atoms with van der Waals surface area (Å²) < 4.78 is 21.5. The summed E-state index contributed by atoms with van der Waals surface area (Å²) in [6.45, 7) is 1.88. The molecule has 6 heteroatoms. The van der Waals surface area contributed by atoms with Crippen molar-refractivity contribution in [2.24, 2.45) is 0 Å². The average molecular weight is 406 g/mol. The van der Waals surface area contributed by atoms with Gasteiger partial charge in [-0.2, -0.15) is 0 Å². The van der Waals surface area contributed by atoms with Crippen molar-refractivity contribution in [1.29, 1.82) is 0 Å². The van der Waals surface area contributed by atoms with Gasteiger partial charge in [0, 0.05) is 0 Å². The second-order valence-electron chi connectivity index (χ2n) is 6.32. The zero-order valence-corrected chi connectivity index (χ0v) is 16.6. The van der Waals surface area contributed by atoms with E-state index in [-0.39, 0.29) is 31.1 Å². The number of carbonyl (C=O) groups is 2. The number of carbonyl (C=O) groups excluding carboxylic acids is 2. The summed E-state index contributed by atoms with van der Waals surface area (Å²) in [4.78, 5) is 24.6. The van der Waals surface area contributed by atoms with Crippen LogP contribution in [-0.4, -0.2) is 31.8 Å². The smallest absolute Gasteiger partial charge is 0.349 e. The van der Waals surface area contributed by atoms with Gasteiger partial charge in [0.2, 0.25) is 0 Å². The van der Waals surface area contributed by atoms with Crippen LogP contribution < -0.4 is 14.2 Å². The number of hydrogen-bond acceptors (Lipinski definition) is 6. The lowest BCUT2D eigenvalue weighted by atomic mass is 10.2. The van der Waals surface area contributed by atoms with Crippen molar-refractivity contribution < 1.29 is 28.5 Å². The van der Waals surface area contributed by atoms with Crippen LogP contribution in [0.4, 0.5) is 0 Å².